The molecule has 1 saturated heterocycles. The zero-order valence-corrected chi connectivity index (χ0v) is 15.6. The summed E-state index contributed by atoms with van der Waals surface area (Å²) in [6.07, 6.45) is 1.88. The van der Waals surface area contributed by atoms with Crippen molar-refractivity contribution in [2.24, 2.45) is 0 Å². The van der Waals surface area contributed by atoms with Crippen molar-refractivity contribution in [1.29, 1.82) is 0 Å². The van der Waals surface area contributed by atoms with Gasteiger partial charge in [0.15, 0.2) is 5.13 Å². The number of ether oxygens (including phenoxy) is 1. The highest BCUT2D eigenvalue weighted by Crippen LogP contribution is 2.27. The standard InChI is InChI=1S/C15H22N4OS2.ClH/c1-18(10-12-9-17-15(16)22-12)11-13(14-3-2-8-21-14)19-4-6-20-7-5-19;/h2-3,8-9,13H,4-7,10-11H2,1H3,(H2,16,17);1H. The topological polar surface area (TPSA) is 54.6 Å². The second-order valence-corrected chi connectivity index (χ2v) is 7.67. The average molecular weight is 375 g/mol. The van der Waals surface area contributed by atoms with Crippen molar-refractivity contribution in [1.82, 2.24) is 14.8 Å². The van der Waals surface area contributed by atoms with Crippen LogP contribution in [0.5, 0.6) is 0 Å². The molecule has 0 aliphatic carbocycles. The molecule has 8 heteroatoms. The van der Waals surface area contributed by atoms with Gasteiger partial charge >= 0.3 is 0 Å². The molecule has 5 nitrogen and oxygen atoms in total. The van der Waals surface area contributed by atoms with E-state index in [-0.39, 0.29) is 12.4 Å². The highest BCUT2D eigenvalue weighted by atomic mass is 35.5. The molecule has 3 heterocycles. The smallest absolute Gasteiger partial charge is 0.180 e. The zero-order valence-electron chi connectivity index (χ0n) is 13.2. The summed E-state index contributed by atoms with van der Waals surface area (Å²) in [6.45, 7) is 5.56. The monoisotopic (exact) mass is 374 g/mol. The molecule has 2 aromatic heterocycles. The molecule has 23 heavy (non-hydrogen) atoms. The molecule has 0 aromatic carbocycles. The molecule has 0 bridgehead atoms. The molecule has 0 saturated carbocycles. The Kier molecular flexibility index (Phi) is 7.26. The number of hydrogen-bond acceptors (Lipinski definition) is 7. The van der Waals surface area contributed by atoms with Crippen molar-refractivity contribution < 1.29 is 4.74 Å². The van der Waals surface area contributed by atoms with Crippen LogP contribution >= 0.6 is 35.1 Å². The third-order valence-corrected chi connectivity index (χ3v) is 5.62. The van der Waals surface area contributed by atoms with Crippen LogP contribution in [0.15, 0.2) is 23.7 Å². The van der Waals surface area contributed by atoms with Crippen LogP contribution in [0.2, 0.25) is 0 Å². The Morgan fingerprint density at radius 3 is 2.83 bits per heavy atom. The van der Waals surface area contributed by atoms with Gasteiger partial charge in [0.05, 0.1) is 19.3 Å². The summed E-state index contributed by atoms with van der Waals surface area (Å²) in [7, 11) is 2.16. The highest BCUT2D eigenvalue weighted by molar-refractivity contribution is 7.15. The first-order valence-corrected chi connectivity index (χ1v) is 9.16. The number of rotatable bonds is 6. The third-order valence-electron chi connectivity index (χ3n) is 3.84. The predicted octanol–water partition coefficient (Wildman–Crippen LogP) is 2.71. The third kappa shape index (κ3) is 5.14. The van der Waals surface area contributed by atoms with Crippen molar-refractivity contribution in [3.8, 4) is 0 Å². The van der Waals surface area contributed by atoms with E-state index in [1.54, 1.807) is 11.3 Å². The molecule has 1 aliphatic rings. The average Bonchev–Trinajstić information content (AvgIpc) is 3.18. The van der Waals surface area contributed by atoms with Gasteiger partial charge in [0.2, 0.25) is 0 Å². The van der Waals surface area contributed by atoms with E-state index in [4.69, 9.17) is 10.5 Å². The molecule has 0 amide bonds. The van der Waals surface area contributed by atoms with Gasteiger partial charge in [0.1, 0.15) is 0 Å². The van der Waals surface area contributed by atoms with Crippen LogP contribution in [0.25, 0.3) is 0 Å². The molecule has 0 radical (unpaired) electrons. The Labute approximate surface area is 151 Å². The molecule has 1 fully saturated rings. The van der Waals surface area contributed by atoms with Crippen LogP contribution in [-0.4, -0.2) is 54.7 Å². The number of morpholine rings is 1. The second kappa shape index (κ2) is 8.96. The van der Waals surface area contributed by atoms with Gasteiger partial charge in [-0.25, -0.2) is 4.98 Å². The molecule has 0 spiro atoms. The highest BCUT2D eigenvalue weighted by Gasteiger charge is 2.24. The molecule has 1 aliphatic heterocycles. The summed E-state index contributed by atoms with van der Waals surface area (Å²) in [6, 6.07) is 4.81. The first kappa shape index (κ1) is 18.6. The molecule has 1 atom stereocenters. The number of anilines is 1. The van der Waals surface area contributed by atoms with Gasteiger partial charge in [-0.1, -0.05) is 6.07 Å². The Hall–Kier alpha value is -0.700. The molecule has 2 aromatic rings. The molecular weight excluding hydrogens is 352 g/mol. The summed E-state index contributed by atoms with van der Waals surface area (Å²) in [5, 5.41) is 2.80. The summed E-state index contributed by atoms with van der Waals surface area (Å²) >= 11 is 3.41. The molecular formula is C15H23ClN4OS2. The number of likely N-dealkylation sites (N-methyl/N-ethyl adjacent to an activating group) is 1. The van der Waals surface area contributed by atoms with Gasteiger partial charge in [-0.2, -0.15) is 0 Å². The van der Waals surface area contributed by atoms with Gasteiger partial charge in [-0.15, -0.1) is 35.1 Å². The molecule has 1 unspecified atom stereocenters. The van der Waals surface area contributed by atoms with Crippen LogP contribution in [0, 0.1) is 0 Å². The summed E-state index contributed by atoms with van der Waals surface area (Å²) < 4.78 is 5.50. The quantitative estimate of drug-likeness (QED) is 0.842. The number of nitrogen functional groups attached to an aromatic ring is 1. The van der Waals surface area contributed by atoms with Crippen LogP contribution in [0.3, 0.4) is 0 Å². The fourth-order valence-electron chi connectivity index (χ4n) is 2.78. The van der Waals surface area contributed by atoms with Crippen LogP contribution in [0.4, 0.5) is 5.13 Å². The minimum atomic E-state index is 0. The number of hydrogen-bond donors (Lipinski definition) is 1. The fraction of sp³-hybridized carbons (Fsp3) is 0.533. The lowest BCUT2D eigenvalue weighted by atomic mass is 10.1. The van der Waals surface area contributed by atoms with E-state index in [1.165, 1.54) is 9.75 Å². The molecule has 3 rings (SSSR count). The van der Waals surface area contributed by atoms with E-state index in [0.717, 1.165) is 39.4 Å². The summed E-state index contributed by atoms with van der Waals surface area (Å²) in [5.41, 5.74) is 5.72. The van der Waals surface area contributed by atoms with E-state index in [0.29, 0.717) is 11.2 Å². The van der Waals surface area contributed by atoms with Gasteiger partial charge in [-0.3, -0.25) is 9.80 Å². The first-order chi connectivity index (χ1) is 10.7. The normalized spacial score (nSPS) is 17.1. The lowest BCUT2D eigenvalue weighted by Crippen LogP contribution is -2.42. The fourth-order valence-corrected chi connectivity index (χ4v) is 4.39. The van der Waals surface area contributed by atoms with E-state index >= 15 is 0 Å². The van der Waals surface area contributed by atoms with Crippen molar-refractivity contribution in [2.75, 3.05) is 45.6 Å². The van der Waals surface area contributed by atoms with Crippen molar-refractivity contribution in [3.63, 3.8) is 0 Å². The van der Waals surface area contributed by atoms with E-state index in [2.05, 4.69) is 39.3 Å². The second-order valence-electron chi connectivity index (χ2n) is 5.54. The molecule has 128 valence electrons. The Balaban J connectivity index is 0.00000192. The van der Waals surface area contributed by atoms with Crippen molar-refractivity contribution in [2.45, 2.75) is 12.6 Å². The van der Waals surface area contributed by atoms with E-state index in [9.17, 15) is 0 Å². The lowest BCUT2D eigenvalue weighted by molar-refractivity contribution is 0.00969. The van der Waals surface area contributed by atoms with Gasteiger partial charge in [0, 0.05) is 42.1 Å². The van der Waals surface area contributed by atoms with Crippen LogP contribution in [0.1, 0.15) is 15.8 Å². The largest absolute Gasteiger partial charge is 0.379 e. The molecule has 2 N–H and O–H groups in total. The van der Waals surface area contributed by atoms with Crippen molar-refractivity contribution >= 4 is 40.2 Å². The van der Waals surface area contributed by atoms with E-state index in [1.807, 2.05) is 17.5 Å². The maximum Gasteiger partial charge on any atom is 0.180 e. The van der Waals surface area contributed by atoms with Gasteiger partial charge in [0.25, 0.3) is 0 Å². The SMILES string of the molecule is CN(Cc1cnc(N)s1)CC(c1cccs1)N1CCOCC1.Cl. The van der Waals surface area contributed by atoms with Crippen molar-refractivity contribution in [3.05, 3.63) is 33.5 Å². The van der Waals surface area contributed by atoms with Gasteiger partial charge in [-0.05, 0) is 18.5 Å². The zero-order chi connectivity index (χ0) is 15.4. The van der Waals surface area contributed by atoms with Gasteiger partial charge < -0.3 is 10.5 Å². The first-order valence-electron chi connectivity index (χ1n) is 7.46. The summed E-state index contributed by atoms with van der Waals surface area (Å²) in [5.74, 6) is 0. The maximum absolute atomic E-state index is 5.72. The number of halogens is 1. The maximum atomic E-state index is 5.72. The number of thiazole rings is 1. The summed E-state index contributed by atoms with van der Waals surface area (Å²) in [4.78, 5) is 11.7. The number of nitrogens with zero attached hydrogens (tertiary/aromatic N) is 3. The number of aromatic nitrogens is 1. The Bertz CT molecular complexity index is 572. The van der Waals surface area contributed by atoms with Crippen LogP contribution in [-0.2, 0) is 11.3 Å². The lowest BCUT2D eigenvalue weighted by Gasteiger charge is -2.36. The minimum absolute atomic E-state index is 0. The minimum Gasteiger partial charge on any atom is -0.379 e. The Morgan fingerprint density at radius 1 is 1.43 bits per heavy atom. The van der Waals surface area contributed by atoms with Crippen LogP contribution < -0.4 is 5.73 Å². The van der Waals surface area contributed by atoms with E-state index < -0.39 is 0 Å². The predicted molar refractivity (Wildman–Crippen MR) is 99.6 cm³/mol. The number of thiophene rings is 1. The number of nitrogens with two attached hydrogens (primary N) is 1. The Morgan fingerprint density at radius 2 is 2.22 bits per heavy atom.